The first kappa shape index (κ1) is 16.5. The largest absolute Gasteiger partial charge is 0.464 e. The van der Waals surface area contributed by atoms with Crippen LogP contribution in [0.2, 0.25) is 0 Å². The Balaban J connectivity index is 0.00000106. The maximum atomic E-state index is 11.3. The Hall–Kier alpha value is -2.60. The highest BCUT2D eigenvalue weighted by atomic mass is 16.5. The molecule has 0 radical (unpaired) electrons. The fraction of sp³-hybridized carbons (Fsp3) is 0.222. The van der Waals surface area contributed by atoms with Crippen molar-refractivity contribution in [3.8, 4) is 11.8 Å². The van der Waals surface area contributed by atoms with E-state index in [1.807, 2.05) is 45.0 Å². The van der Waals surface area contributed by atoms with Crippen molar-refractivity contribution in [3.63, 3.8) is 0 Å². The van der Waals surface area contributed by atoms with Crippen LogP contribution in [0.5, 0.6) is 0 Å². The molecule has 1 aromatic carbocycles. The standard InChI is InChI=1S/C16H13NO2.C2H6/c1-12-3-5-13(6-4-12)7-8-14-9-10-17-15(11-14)16(18)19-2;1-2/h3-6,9-11H,1-2H3;1-2H3. The number of pyridine rings is 1. The number of benzene rings is 1. The second-order valence-corrected chi connectivity index (χ2v) is 4.04. The summed E-state index contributed by atoms with van der Waals surface area (Å²) in [4.78, 5) is 15.3. The van der Waals surface area contributed by atoms with Crippen molar-refractivity contribution in [2.24, 2.45) is 0 Å². The Bertz CT molecular complexity index is 649. The summed E-state index contributed by atoms with van der Waals surface area (Å²) < 4.78 is 4.62. The number of aryl methyl sites for hydroxylation is 1. The lowest BCUT2D eigenvalue weighted by molar-refractivity contribution is 0.0594. The van der Waals surface area contributed by atoms with Gasteiger partial charge in [-0.25, -0.2) is 9.78 Å². The molecule has 21 heavy (non-hydrogen) atoms. The Kier molecular flexibility index (Phi) is 6.70. The van der Waals surface area contributed by atoms with Crippen molar-refractivity contribution >= 4 is 5.97 Å². The zero-order valence-corrected chi connectivity index (χ0v) is 12.8. The quantitative estimate of drug-likeness (QED) is 0.592. The maximum absolute atomic E-state index is 11.3. The van der Waals surface area contributed by atoms with Crippen molar-refractivity contribution in [2.45, 2.75) is 20.8 Å². The van der Waals surface area contributed by atoms with E-state index in [1.54, 1.807) is 18.3 Å². The zero-order valence-electron chi connectivity index (χ0n) is 12.8. The number of aromatic nitrogens is 1. The molecule has 0 aliphatic heterocycles. The Labute approximate surface area is 126 Å². The predicted octanol–water partition coefficient (Wildman–Crippen LogP) is 3.60. The molecular weight excluding hydrogens is 262 g/mol. The van der Waals surface area contributed by atoms with Gasteiger partial charge in [0.1, 0.15) is 5.69 Å². The van der Waals surface area contributed by atoms with Crippen molar-refractivity contribution in [3.05, 3.63) is 65.0 Å². The molecule has 3 heteroatoms. The van der Waals surface area contributed by atoms with E-state index in [9.17, 15) is 4.79 Å². The molecule has 0 saturated heterocycles. The summed E-state index contributed by atoms with van der Waals surface area (Å²) in [5, 5.41) is 0. The molecule has 2 rings (SSSR count). The first-order chi connectivity index (χ1) is 10.2. The average molecular weight is 281 g/mol. The van der Waals surface area contributed by atoms with Crippen LogP contribution in [0, 0.1) is 18.8 Å². The number of carbonyl (C=O) groups is 1. The summed E-state index contributed by atoms with van der Waals surface area (Å²) in [6, 6.07) is 11.3. The van der Waals surface area contributed by atoms with Crippen LogP contribution < -0.4 is 0 Å². The second kappa shape index (κ2) is 8.55. The molecule has 0 amide bonds. The van der Waals surface area contributed by atoms with E-state index in [1.165, 1.54) is 12.7 Å². The normalized spacial score (nSPS) is 8.76. The van der Waals surface area contributed by atoms with Gasteiger partial charge in [0.2, 0.25) is 0 Å². The summed E-state index contributed by atoms with van der Waals surface area (Å²) in [5.41, 5.74) is 3.12. The molecule has 3 nitrogen and oxygen atoms in total. The number of esters is 1. The third-order valence-corrected chi connectivity index (χ3v) is 2.56. The number of hydrogen-bond donors (Lipinski definition) is 0. The minimum absolute atomic E-state index is 0.262. The minimum Gasteiger partial charge on any atom is -0.464 e. The van der Waals surface area contributed by atoms with Gasteiger partial charge in [-0.3, -0.25) is 0 Å². The number of ether oxygens (including phenoxy) is 1. The van der Waals surface area contributed by atoms with Crippen molar-refractivity contribution < 1.29 is 9.53 Å². The number of nitrogens with zero attached hydrogens (tertiary/aromatic N) is 1. The third kappa shape index (κ3) is 5.12. The highest BCUT2D eigenvalue weighted by molar-refractivity contribution is 5.87. The van der Waals surface area contributed by atoms with Crippen LogP contribution in [-0.4, -0.2) is 18.1 Å². The zero-order chi connectivity index (χ0) is 15.7. The summed E-state index contributed by atoms with van der Waals surface area (Å²) in [7, 11) is 1.33. The predicted molar refractivity (Wildman–Crippen MR) is 84.1 cm³/mol. The van der Waals surface area contributed by atoms with Gasteiger partial charge in [-0.15, -0.1) is 0 Å². The van der Waals surface area contributed by atoms with Crippen LogP contribution in [-0.2, 0) is 4.74 Å². The molecule has 0 aliphatic carbocycles. The van der Waals surface area contributed by atoms with E-state index in [2.05, 4.69) is 21.6 Å². The van der Waals surface area contributed by atoms with Crippen LogP contribution in [0.15, 0.2) is 42.6 Å². The van der Waals surface area contributed by atoms with Crippen molar-refractivity contribution in [1.82, 2.24) is 4.98 Å². The van der Waals surface area contributed by atoms with Crippen molar-refractivity contribution in [2.75, 3.05) is 7.11 Å². The van der Waals surface area contributed by atoms with Gasteiger partial charge in [-0.05, 0) is 31.2 Å². The van der Waals surface area contributed by atoms with E-state index in [4.69, 9.17) is 0 Å². The van der Waals surface area contributed by atoms with Gasteiger partial charge in [-0.2, -0.15) is 0 Å². The third-order valence-electron chi connectivity index (χ3n) is 2.56. The monoisotopic (exact) mass is 281 g/mol. The number of methoxy groups -OCH3 is 1. The van der Waals surface area contributed by atoms with Crippen LogP contribution >= 0.6 is 0 Å². The highest BCUT2D eigenvalue weighted by Gasteiger charge is 2.06. The van der Waals surface area contributed by atoms with Gasteiger partial charge in [0, 0.05) is 17.3 Å². The van der Waals surface area contributed by atoms with Gasteiger partial charge >= 0.3 is 5.97 Å². The molecule has 1 heterocycles. The SMILES string of the molecule is CC.COC(=O)c1cc(C#Cc2ccc(C)cc2)ccn1. The van der Waals surface area contributed by atoms with Gasteiger partial charge in [0.25, 0.3) is 0 Å². The molecule has 0 bridgehead atoms. The molecule has 1 aromatic heterocycles. The number of hydrogen-bond acceptors (Lipinski definition) is 3. The lowest BCUT2D eigenvalue weighted by Gasteiger charge is -1.97. The fourth-order valence-electron chi connectivity index (χ4n) is 1.51. The maximum Gasteiger partial charge on any atom is 0.356 e. The first-order valence-electron chi connectivity index (χ1n) is 6.82. The molecular formula is C18H19NO2. The Morgan fingerprint density at radius 1 is 1.05 bits per heavy atom. The summed E-state index contributed by atoms with van der Waals surface area (Å²) >= 11 is 0. The van der Waals surface area contributed by atoms with E-state index in [0.29, 0.717) is 0 Å². The summed E-state index contributed by atoms with van der Waals surface area (Å²) in [6.07, 6.45) is 1.55. The smallest absolute Gasteiger partial charge is 0.356 e. The van der Waals surface area contributed by atoms with Gasteiger partial charge in [0.15, 0.2) is 0 Å². The first-order valence-corrected chi connectivity index (χ1v) is 6.82. The van der Waals surface area contributed by atoms with Crippen molar-refractivity contribution in [1.29, 1.82) is 0 Å². The van der Waals surface area contributed by atoms with E-state index < -0.39 is 5.97 Å². The van der Waals surface area contributed by atoms with Crippen LogP contribution in [0.25, 0.3) is 0 Å². The molecule has 0 spiro atoms. The van der Waals surface area contributed by atoms with Gasteiger partial charge in [0.05, 0.1) is 7.11 Å². The minimum atomic E-state index is -0.459. The summed E-state index contributed by atoms with van der Waals surface area (Å²) in [6.45, 7) is 6.03. The van der Waals surface area contributed by atoms with E-state index in [0.717, 1.165) is 11.1 Å². The number of rotatable bonds is 1. The summed E-state index contributed by atoms with van der Waals surface area (Å²) in [5.74, 6) is 5.59. The van der Waals surface area contributed by atoms with E-state index >= 15 is 0 Å². The van der Waals surface area contributed by atoms with Gasteiger partial charge in [-0.1, -0.05) is 43.4 Å². The molecule has 108 valence electrons. The molecule has 2 aromatic rings. The Morgan fingerprint density at radius 3 is 2.29 bits per heavy atom. The fourth-order valence-corrected chi connectivity index (χ4v) is 1.51. The average Bonchev–Trinajstić information content (AvgIpc) is 2.55. The van der Waals surface area contributed by atoms with Gasteiger partial charge < -0.3 is 4.74 Å². The lowest BCUT2D eigenvalue weighted by Crippen LogP contribution is -2.03. The highest BCUT2D eigenvalue weighted by Crippen LogP contribution is 2.04. The Morgan fingerprint density at radius 2 is 1.67 bits per heavy atom. The molecule has 0 saturated carbocycles. The molecule has 0 N–H and O–H groups in total. The van der Waals surface area contributed by atoms with Crippen LogP contribution in [0.4, 0.5) is 0 Å². The molecule has 0 atom stereocenters. The van der Waals surface area contributed by atoms with E-state index in [-0.39, 0.29) is 5.69 Å². The molecule has 0 fully saturated rings. The number of carbonyl (C=O) groups excluding carboxylic acids is 1. The molecule has 0 unspecified atom stereocenters. The molecule has 0 aliphatic rings. The lowest BCUT2D eigenvalue weighted by atomic mass is 10.1. The van der Waals surface area contributed by atoms with Crippen LogP contribution in [0.3, 0.4) is 0 Å². The second-order valence-electron chi connectivity index (χ2n) is 4.04. The topological polar surface area (TPSA) is 39.2 Å². The van der Waals surface area contributed by atoms with Crippen LogP contribution in [0.1, 0.15) is 41.0 Å².